The summed E-state index contributed by atoms with van der Waals surface area (Å²) in [5.74, 6) is -0.915. The molecule has 0 saturated heterocycles. The number of aromatic nitrogens is 2. The van der Waals surface area contributed by atoms with Crippen LogP contribution in [0, 0.1) is 0 Å². The second-order valence-electron chi connectivity index (χ2n) is 8.31. The van der Waals surface area contributed by atoms with Crippen molar-refractivity contribution in [3.63, 3.8) is 0 Å². The number of hydrogen-bond acceptors (Lipinski definition) is 6. The monoisotopic (exact) mass is 464 g/mol. The maximum Gasteiger partial charge on any atom is 0.305 e. The number of nitrogens with one attached hydrogen (secondary N) is 3. The number of carboxylic acids is 1. The third-order valence-electron chi connectivity index (χ3n) is 5.78. The summed E-state index contributed by atoms with van der Waals surface area (Å²) in [6.45, 7) is 1.61. The van der Waals surface area contributed by atoms with E-state index >= 15 is 0 Å². The van der Waals surface area contributed by atoms with Gasteiger partial charge < -0.3 is 31.4 Å². The second-order valence-corrected chi connectivity index (χ2v) is 8.31. The molecule has 0 aliphatic carbocycles. The fourth-order valence-corrected chi connectivity index (χ4v) is 4.03. The number of unbranched alkanes of at least 4 members (excludes halogenated alkanes) is 1. The Balaban J connectivity index is 1.56. The quantitative estimate of drug-likeness (QED) is 0.303. The zero-order chi connectivity index (χ0) is 24.1. The summed E-state index contributed by atoms with van der Waals surface area (Å²) in [4.78, 5) is 46.4. The Hall–Kier alpha value is -3.92. The number of benzene rings is 2. The van der Waals surface area contributed by atoms with Gasteiger partial charge >= 0.3 is 5.97 Å². The molecule has 1 aromatic heterocycles. The number of fused-ring (bicyclic) bond motifs is 2. The molecule has 0 radical (unpaired) electrons. The van der Waals surface area contributed by atoms with E-state index in [1.54, 1.807) is 23.1 Å². The Morgan fingerprint density at radius 1 is 1.18 bits per heavy atom. The third-order valence-corrected chi connectivity index (χ3v) is 5.78. The highest BCUT2D eigenvalue weighted by Gasteiger charge is 2.26. The number of nitrogens with two attached hydrogens (primary N) is 1. The van der Waals surface area contributed by atoms with Crippen LogP contribution in [-0.2, 0) is 22.7 Å². The van der Waals surface area contributed by atoms with Crippen LogP contribution in [0.25, 0.3) is 11.0 Å². The summed E-state index contributed by atoms with van der Waals surface area (Å²) in [6, 6.07) is 12.0. The van der Waals surface area contributed by atoms with E-state index in [4.69, 9.17) is 10.8 Å². The predicted octanol–water partition coefficient (Wildman–Crippen LogP) is 1.83. The summed E-state index contributed by atoms with van der Waals surface area (Å²) >= 11 is 0. The third kappa shape index (κ3) is 5.34. The van der Waals surface area contributed by atoms with Crippen molar-refractivity contribution >= 4 is 34.5 Å². The van der Waals surface area contributed by atoms with Gasteiger partial charge in [0.25, 0.3) is 5.91 Å². The Labute approximate surface area is 196 Å². The number of nitrogens with zero attached hydrogens (tertiary/aromatic N) is 2. The van der Waals surface area contributed by atoms with Crippen LogP contribution in [-0.4, -0.2) is 56.9 Å². The molecule has 1 aliphatic rings. The van der Waals surface area contributed by atoms with Crippen LogP contribution in [0.5, 0.6) is 0 Å². The molecule has 2 amide bonds. The number of amides is 2. The first-order valence-corrected chi connectivity index (χ1v) is 11.3. The van der Waals surface area contributed by atoms with Crippen LogP contribution < -0.4 is 16.4 Å². The number of para-hydroxylation sites is 2. The molecule has 4 rings (SSSR count). The molecule has 10 nitrogen and oxygen atoms in total. The molecule has 0 saturated carbocycles. The molecular weight excluding hydrogens is 436 g/mol. The molecule has 0 bridgehead atoms. The second kappa shape index (κ2) is 10.3. The standard InChI is InChI=1S/C24H28N6O4/c25-9-3-4-10-30(14-21-28-18-5-1-2-6-19(18)29-21)24(34)15-7-8-17-16(11-15)13-26-23(33)20(27-17)12-22(31)32/h1-2,5-8,11,20,27H,3-4,9-10,12-14,25H2,(H,26,33)(H,28,29)(H,31,32)/t20-/m0/s1. The first-order valence-electron chi connectivity index (χ1n) is 11.3. The topological polar surface area (TPSA) is 153 Å². The normalized spacial score (nSPS) is 15.2. The van der Waals surface area contributed by atoms with Gasteiger partial charge in [-0.25, -0.2) is 4.98 Å². The molecule has 2 heterocycles. The average Bonchev–Trinajstić information content (AvgIpc) is 3.17. The van der Waals surface area contributed by atoms with Gasteiger partial charge in [0.1, 0.15) is 11.9 Å². The number of carboxylic acid groups (broad SMARTS) is 1. The van der Waals surface area contributed by atoms with Crippen LogP contribution in [0.15, 0.2) is 42.5 Å². The predicted molar refractivity (Wildman–Crippen MR) is 127 cm³/mol. The van der Waals surface area contributed by atoms with Crippen LogP contribution in [0.4, 0.5) is 5.69 Å². The molecule has 178 valence electrons. The number of carbonyl (C=O) groups excluding carboxylic acids is 2. The van der Waals surface area contributed by atoms with Gasteiger partial charge in [0, 0.05) is 24.3 Å². The first kappa shape index (κ1) is 23.2. The summed E-state index contributed by atoms with van der Waals surface area (Å²) < 4.78 is 0. The number of rotatable bonds is 9. The Morgan fingerprint density at radius 3 is 2.76 bits per heavy atom. The SMILES string of the molecule is NCCCCN(Cc1nc2ccccc2[nH]1)C(=O)c1ccc2c(c1)CNC(=O)[C@H](CC(=O)O)N2. The molecule has 6 N–H and O–H groups in total. The molecule has 1 atom stereocenters. The zero-order valence-electron chi connectivity index (χ0n) is 18.7. The van der Waals surface area contributed by atoms with Crippen LogP contribution >= 0.6 is 0 Å². The van der Waals surface area contributed by atoms with Crippen molar-refractivity contribution in [1.29, 1.82) is 0 Å². The molecule has 0 unspecified atom stereocenters. The highest BCUT2D eigenvalue weighted by atomic mass is 16.4. The van der Waals surface area contributed by atoms with E-state index in [1.165, 1.54) is 0 Å². The van der Waals surface area contributed by atoms with E-state index in [0.717, 1.165) is 29.4 Å². The molecular formula is C24H28N6O4. The summed E-state index contributed by atoms with van der Waals surface area (Å²) in [7, 11) is 0. The van der Waals surface area contributed by atoms with Gasteiger partial charge in [-0.3, -0.25) is 14.4 Å². The maximum absolute atomic E-state index is 13.5. The minimum absolute atomic E-state index is 0.155. The average molecular weight is 465 g/mol. The fourth-order valence-electron chi connectivity index (χ4n) is 4.03. The number of aliphatic carboxylic acids is 1. The largest absolute Gasteiger partial charge is 0.481 e. The molecule has 1 aliphatic heterocycles. The van der Waals surface area contributed by atoms with Crippen molar-refractivity contribution in [1.82, 2.24) is 20.2 Å². The van der Waals surface area contributed by atoms with Gasteiger partial charge in [-0.2, -0.15) is 0 Å². The summed E-state index contributed by atoms with van der Waals surface area (Å²) in [6.07, 6.45) is 1.23. The van der Waals surface area contributed by atoms with Crippen molar-refractivity contribution in [3.8, 4) is 0 Å². The highest BCUT2D eigenvalue weighted by Crippen LogP contribution is 2.23. The van der Waals surface area contributed by atoms with Crippen molar-refractivity contribution in [2.45, 2.75) is 38.4 Å². The number of carbonyl (C=O) groups is 3. The van der Waals surface area contributed by atoms with Crippen molar-refractivity contribution in [2.24, 2.45) is 5.73 Å². The van der Waals surface area contributed by atoms with Crippen molar-refractivity contribution in [3.05, 3.63) is 59.4 Å². The Bertz CT molecular complexity index is 1170. The molecule has 0 spiro atoms. The van der Waals surface area contributed by atoms with E-state index in [9.17, 15) is 14.4 Å². The number of imidazole rings is 1. The fraction of sp³-hybridized carbons (Fsp3) is 0.333. The van der Waals surface area contributed by atoms with E-state index in [0.29, 0.717) is 36.7 Å². The Kier molecular flexibility index (Phi) is 7.07. The summed E-state index contributed by atoms with van der Waals surface area (Å²) in [5, 5.41) is 14.8. The first-order chi connectivity index (χ1) is 16.4. The van der Waals surface area contributed by atoms with E-state index in [-0.39, 0.29) is 24.8 Å². The zero-order valence-corrected chi connectivity index (χ0v) is 18.7. The molecule has 2 aromatic carbocycles. The smallest absolute Gasteiger partial charge is 0.305 e. The van der Waals surface area contributed by atoms with Crippen LogP contribution in [0.1, 0.15) is 41.0 Å². The van der Waals surface area contributed by atoms with Crippen LogP contribution in [0.2, 0.25) is 0 Å². The lowest BCUT2D eigenvalue weighted by molar-refractivity contribution is -0.139. The lowest BCUT2D eigenvalue weighted by Gasteiger charge is -2.22. The maximum atomic E-state index is 13.5. The number of H-pyrrole nitrogens is 1. The van der Waals surface area contributed by atoms with Crippen molar-refractivity contribution in [2.75, 3.05) is 18.4 Å². The summed E-state index contributed by atoms with van der Waals surface area (Å²) in [5.41, 5.74) is 9.24. The van der Waals surface area contributed by atoms with Gasteiger partial charge in [0.05, 0.1) is 24.0 Å². The minimum atomic E-state index is -1.07. The Morgan fingerprint density at radius 2 is 2.00 bits per heavy atom. The van der Waals surface area contributed by atoms with Gasteiger partial charge in [-0.1, -0.05) is 12.1 Å². The molecule has 34 heavy (non-hydrogen) atoms. The van der Waals surface area contributed by atoms with Gasteiger partial charge in [0.2, 0.25) is 5.91 Å². The van der Waals surface area contributed by atoms with Crippen molar-refractivity contribution < 1.29 is 19.5 Å². The number of anilines is 1. The lowest BCUT2D eigenvalue weighted by Crippen LogP contribution is -2.38. The van der Waals surface area contributed by atoms with E-state index in [1.807, 2.05) is 24.3 Å². The van der Waals surface area contributed by atoms with E-state index < -0.39 is 12.0 Å². The minimum Gasteiger partial charge on any atom is -0.481 e. The van der Waals surface area contributed by atoms with Gasteiger partial charge in [-0.15, -0.1) is 0 Å². The lowest BCUT2D eigenvalue weighted by atomic mass is 10.1. The number of aromatic amines is 1. The van der Waals surface area contributed by atoms with Gasteiger partial charge in [0.15, 0.2) is 0 Å². The van der Waals surface area contributed by atoms with Gasteiger partial charge in [-0.05, 0) is 55.3 Å². The molecule has 10 heteroatoms. The van der Waals surface area contributed by atoms with Crippen LogP contribution in [0.3, 0.4) is 0 Å². The highest BCUT2D eigenvalue weighted by molar-refractivity contribution is 5.96. The molecule has 0 fully saturated rings. The molecule has 3 aromatic rings. The van der Waals surface area contributed by atoms with E-state index in [2.05, 4.69) is 20.6 Å². The number of hydrogen-bond donors (Lipinski definition) is 5.